The van der Waals surface area contributed by atoms with Crippen LogP contribution < -0.4 is 5.46 Å². The zero-order valence-electron chi connectivity index (χ0n) is 4.41. The molecule has 0 aliphatic rings. The predicted octanol–water partition coefficient (Wildman–Crippen LogP) is 0.0813. The van der Waals surface area contributed by atoms with Crippen LogP contribution in [0.5, 0.6) is 0 Å². The largest absolute Gasteiger partial charge is 0.489 e. The molecule has 0 unspecified atom stereocenters. The average molecular weight is 162 g/mol. The Bertz CT molecular complexity index is 200. The fourth-order valence-corrected chi connectivity index (χ4v) is 1.36. The Morgan fingerprint density at radius 1 is 1.56 bits per heavy atom. The van der Waals surface area contributed by atoms with Crippen LogP contribution in [0.25, 0.3) is 0 Å². The third kappa shape index (κ3) is 1.69. The second-order valence-electron chi connectivity index (χ2n) is 1.56. The topological polar surface area (TPSA) is 40.5 Å². The summed E-state index contributed by atoms with van der Waals surface area (Å²) in [6.45, 7) is 0. The summed E-state index contributed by atoms with van der Waals surface area (Å²) in [5.74, 6) is 0. The van der Waals surface area contributed by atoms with E-state index in [1.807, 2.05) is 0 Å². The first kappa shape index (κ1) is 7.09. The quantitative estimate of drug-likeness (QED) is 0.574. The Morgan fingerprint density at radius 3 is 2.44 bits per heavy atom. The lowest BCUT2D eigenvalue weighted by Crippen LogP contribution is -2.27. The zero-order valence-corrected chi connectivity index (χ0v) is 5.99. The maximum atomic E-state index is 8.54. The van der Waals surface area contributed by atoms with Gasteiger partial charge in [0, 0.05) is 0 Å². The normalized spacial score (nSPS) is 9.67. The Balaban J connectivity index is 2.85. The summed E-state index contributed by atoms with van der Waals surface area (Å²) in [7, 11) is -1.39. The van der Waals surface area contributed by atoms with Crippen LogP contribution in [0.1, 0.15) is 0 Å². The molecule has 2 N–H and O–H groups in total. The van der Waals surface area contributed by atoms with E-state index in [0.29, 0.717) is 9.80 Å². The highest BCUT2D eigenvalue weighted by Gasteiger charge is 2.11. The molecular formula is C4H4BClO2S. The van der Waals surface area contributed by atoms with Crippen LogP contribution in [0.15, 0.2) is 11.4 Å². The maximum absolute atomic E-state index is 8.54. The molecule has 1 heterocycles. The molecule has 0 fully saturated rings. The van der Waals surface area contributed by atoms with Gasteiger partial charge in [-0.2, -0.15) is 0 Å². The fraction of sp³-hybridized carbons (Fsp3) is 0. The summed E-state index contributed by atoms with van der Waals surface area (Å²) in [6.07, 6.45) is 0. The van der Waals surface area contributed by atoms with E-state index in [1.165, 1.54) is 17.4 Å². The van der Waals surface area contributed by atoms with Gasteiger partial charge in [-0.25, -0.2) is 0 Å². The second kappa shape index (κ2) is 2.71. The van der Waals surface area contributed by atoms with Gasteiger partial charge in [0.15, 0.2) is 0 Å². The molecule has 48 valence electrons. The van der Waals surface area contributed by atoms with E-state index in [0.717, 1.165) is 0 Å². The summed E-state index contributed by atoms with van der Waals surface area (Å²) in [5.41, 5.74) is 0.449. The van der Waals surface area contributed by atoms with Gasteiger partial charge in [-0.05, 0) is 16.9 Å². The molecule has 0 bridgehead atoms. The monoisotopic (exact) mass is 162 g/mol. The van der Waals surface area contributed by atoms with Gasteiger partial charge in [-0.15, -0.1) is 11.3 Å². The molecule has 0 saturated carbocycles. The maximum Gasteiger partial charge on any atom is 0.489 e. The third-order valence-electron chi connectivity index (χ3n) is 0.886. The van der Waals surface area contributed by atoms with Crippen LogP contribution in [0.4, 0.5) is 0 Å². The Labute approximate surface area is 61.9 Å². The minimum atomic E-state index is -1.39. The summed E-state index contributed by atoms with van der Waals surface area (Å²) in [6, 6.07) is 1.52. The highest BCUT2D eigenvalue weighted by atomic mass is 35.5. The van der Waals surface area contributed by atoms with Crippen LogP contribution in [-0.2, 0) is 0 Å². The molecule has 1 rings (SSSR count). The molecule has 0 atom stereocenters. The third-order valence-corrected chi connectivity index (χ3v) is 2.00. The molecule has 0 aliphatic heterocycles. The molecule has 0 amide bonds. The molecule has 0 radical (unpaired) electrons. The summed E-state index contributed by atoms with van der Waals surface area (Å²) < 4.78 is 0.568. The van der Waals surface area contributed by atoms with Crippen molar-refractivity contribution in [3.8, 4) is 0 Å². The second-order valence-corrected chi connectivity index (χ2v) is 3.10. The number of thiophene rings is 1. The van der Waals surface area contributed by atoms with E-state index >= 15 is 0 Å². The van der Waals surface area contributed by atoms with E-state index < -0.39 is 7.12 Å². The highest BCUT2D eigenvalue weighted by Crippen LogP contribution is 2.12. The number of rotatable bonds is 1. The van der Waals surface area contributed by atoms with Crippen molar-refractivity contribution in [1.82, 2.24) is 0 Å². The van der Waals surface area contributed by atoms with E-state index in [9.17, 15) is 0 Å². The van der Waals surface area contributed by atoms with Gasteiger partial charge < -0.3 is 10.0 Å². The molecule has 0 spiro atoms. The minimum absolute atomic E-state index is 0.449. The first-order valence-electron chi connectivity index (χ1n) is 2.30. The lowest BCUT2D eigenvalue weighted by atomic mass is 9.83. The van der Waals surface area contributed by atoms with Crippen molar-refractivity contribution in [3.63, 3.8) is 0 Å². The molecule has 0 saturated heterocycles. The van der Waals surface area contributed by atoms with Crippen molar-refractivity contribution in [2.75, 3.05) is 0 Å². The van der Waals surface area contributed by atoms with E-state index in [1.54, 1.807) is 5.38 Å². The van der Waals surface area contributed by atoms with Gasteiger partial charge in [0.1, 0.15) is 0 Å². The van der Waals surface area contributed by atoms with Gasteiger partial charge in [0.2, 0.25) is 0 Å². The van der Waals surface area contributed by atoms with Gasteiger partial charge in [0.05, 0.1) is 4.34 Å². The molecule has 0 aliphatic carbocycles. The minimum Gasteiger partial charge on any atom is -0.423 e. The average Bonchev–Trinajstić information content (AvgIpc) is 2.14. The zero-order chi connectivity index (χ0) is 6.85. The van der Waals surface area contributed by atoms with Crippen LogP contribution >= 0.6 is 22.9 Å². The van der Waals surface area contributed by atoms with Gasteiger partial charge >= 0.3 is 7.12 Å². The first-order valence-corrected chi connectivity index (χ1v) is 3.56. The SMILES string of the molecule is OB(O)c1csc(Cl)c1. The Kier molecular flexibility index (Phi) is 2.13. The number of hydrogen-bond acceptors (Lipinski definition) is 3. The molecule has 1 aromatic heterocycles. The molecule has 5 heteroatoms. The van der Waals surface area contributed by atoms with Crippen LogP contribution in [0.2, 0.25) is 4.34 Å². The van der Waals surface area contributed by atoms with Gasteiger partial charge in [-0.3, -0.25) is 0 Å². The van der Waals surface area contributed by atoms with Crippen molar-refractivity contribution in [3.05, 3.63) is 15.8 Å². The fourth-order valence-electron chi connectivity index (χ4n) is 0.459. The lowest BCUT2D eigenvalue weighted by Gasteiger charge is -1.87. The smallest absolute Gasteiger partial charge is 0.423 e. The molecular weight excluding hydrogens is 158 g/mol. The molecule has 2 nitrogen and oxygen atoms in total. The summed E-state index contributed by atoms with van der Waals surface area (Å²) in [4.78, 5) is 0. The van der Waals surface area contributed by atoms with E-state index in [-0.39, 0.29) is 0 Å². The van der Waals surface area contributed by atoms with Gasteiger partial charge in [0.25, 0.3) is 0 Å². The lowest BCUT2D eigenvalue weighted by molar-refractivity contribution is 0.426. The van der Waals surface area contributed by atoms with Gasteiger partial charge in [-0.1, -0.05) is 11.6 Å². The van der Waals surface area contributed by atoms with Crippen molar-refractivity contribution < 1.29 is 10.0 Å². The first-order chi connectivity index (χ1) is 4.20. The highest BCUT2D eigenvalue weighted by molar-refractivity contribution is 7.15. The standard InChI is InChI=1S/C4H4BClO2S/c6-4-1-3(2-9-4)5(7)8/h1-2,7-8H. The van der Waals surface area contributed by atoms with E-state index in [4.69, 9.17) is 21.6 Å². The molecule has 0 aromatic carbocycles. The van der Waals surface area contributed by atoms with Crippen LogP contribution in [-0.4, -0.2) is 17.2 Å². The van der Waals surface area contributed by atoms with Crippen LogP contribution in [0.3, 0.4) is 0 Å². The molecule has 9 heavy (non-hydrogen) atoms. The van der Waals surface area contributed by atoms with Crippen molar-refractivity contribution in [1.29, 1.82) is 0 Å². The Hall–Kier alpha value is -0.0251. The Morgan fingerprint density at radius 2 is 2.22 bits per heavy atom. The van der Waals surface area contributed by atoms with Crippen molar-refractivity contribution in [2.45, 2.75) is 0 Å². The molecule has 1 aromatic rings. The predicted molar refractivity (Wildman–Crippen MR) is 39.2 cm³/mol. The van der Waals surface area contributed by atoms with Crippen molar-refractivity contribution >= 4 is 35.5 Å². The van der Waals surface area contributed by atoms with E-state index in [2.05, 4.69) is 0 Å². The number of hydrogen-bond donors (Lipinski definition) is 2. The van der Waals surface area contributed by atoms with Crippen LogP contribution in [0, 0.1) is 0 Å². The van der Waals surface area contributed by atoms with Crippen molar-refractivity contribution in [2.24, 2.45) is 0 Å². The summed E-state index contributed by atoms with van der Waals surface area (Å²) in [5, 5.41) is 18.7. The number of halogens is 1. The summed E-state index contributed by atoms with van der Waals surface area (Å²) >= 11 is 6.78.